The molecule has 1 N–H and O–H groups in total. The number of nitrogens with one attached hydrogen (secondary N) is 1. The first-order valence-electron chi connectivity index (χ1n) is 7.33. The summed E-state index contributed by atoms with van der Waals surface area (Å²) in [6, 6.07) is 9.53. The Balaban J connectivity index is 1.73. The van der Waals surface area contributed by atoms with Crippen molar-refractivity contribution in [3.8, 4) is 11.8 Å². The summed E-state index contributed by atoms with van der Waals surface area (Å²) >= 11 is 3.47. The molecule has 25 heavy (non-hydrogen) atoms. The van der Waals surface area contributed by atoms with Crippen molar-refractivity contribution in [2.24, 2.45) is 0 Å². The summed E-state index contributed by atoms with van der Waals surface area (Å²) in [5, 5.41) is 8.44. The molecule has 0 amide bonds. The lowest BCUT2D eigenvalue weighted by Gasteiger charge is -2.09. The van der Waals surface area contributed by atoms with E-state index in [1.165, 1.54) is 6.33 Å². The zero-order chi connectivity index (χ0) is 17.2. The fraction of sp³-hybridized carbons (Fsp3) is 0.0625. The Labute approximate surface area is 151 Å². The number of benzene rings is 1. The van der Waals surface area contributed by atoms with E-state index in [4.69, 9.17) is 4.74 Å². The maximum atomic E-state index is 5.22. The lowest BCUT2D eigenvalue weighted by Crippen LogP contribution is -2.07. The molecule has 0 bridgehead atoms. The van der Waals surface area contributed by atoms with Crippen LogP contribution in [0, 0.1) is 0 Å². The summed E-state index contributed by atoms with van der Waals surface area (Å²) in [5.74, 6) is 1.24. The standard InChI is InChI=1S/C16H12BrN7O/c1-25-14-12(3-2-6-18-14)22-15-19-9-20-16(23-15)24-13-7-11(17)5-4-10(13)8-21-24/h2-9H,1H3,(H,19,20,22,23). The van der Waals surface area contributed by atoms with E-state index in [-0.39, 0.29) is 0 Å². The Morgan fingerprint density at radius 3 is 2.96 bits per heavy atom. The van der Waals surface area contributed by atoms with Crippen molar-refractivity contribution in [2.45, 2.75) is 0 Å². The van der Waals surface area contributed by atoms with Gasteiger partial charge >= 0.3 is 0 Å². The molecule has 0 radical (unpaired) electrons. The maximum Gasteiger partial charge on any atom is 0.255 e. The highest BCUT2D eigenvalue weighted by atomic mass is 79.9. The lowest BCUT2D eigenvalue weighted by molar-refractivity contribution is 0.400. The lowest BCUT2D eigenvalue weighted by atomic mass is 10.3. The van der Waals surface area contributed by atoms with Crippen LogP contribution in [0.4, 0.5) is 11.6 Å². The average Bonchev–Trinajstić information content (AvgIpc) is 3.05. The maximum absolute atomic E-state index is 5.22. The zero-order valence-corrected chi connectivity index (χ0v) is 14.7. The van der Waals surface area contributed by atoms with Crippen LogP contribution in [0.25, 0.3) is 16.9 Å². The van der Waals surface area contributed by atoms with Crippen molar-refractivity contribution < 1.29 is 4.74 Å². The molecule has 0 fully saturated rings. The van der Waals surface area contributed by atoms with Gasteiger partial charge in [0, 0.05) is 16.1 Å². The van der Waals surface area contributed by atoms with Gasteiger partial charge < -0.3 is 10.1 Å². The molecule has 4 aromatic rings. The molecule has 9 heteroatoms. The number of pyridine rings is 1. The van der Waals surface area contributed by atoms with Crippen LogP contribution in [-0.2, 0) is 0 Å². The normalized spacial score (nSPS) is 10.8. The molecule has 0 spiro atoms. The van der Waals surface area contributed by atoms with Crippen LogP contribution >= 0.6 is 15.9 Å². The van der Waals surface area contributed by atoms with Crippen molar-refractivity contribution in [2.75, 3.05) is 12.4 Å². The van der Waals surface area contributed by atoms with Gasteiger partial charge in [-0.1, -0.05) is 22.0 Å². The summed E-state index contributed by atoms with van der Waals surface area (Å²) in [7, 11) is 1.56. The molecule has 0 aliphatic rings. The highest BCUT2D eigenvalue weighted by Crippen LogP contribution is 2.24. The molecular weight excluding hydrogens is 386 g/mol. The predicted octanol–water partition coefficient (Wildman–Crippen LogP) is 3.12. The Morgan fingerprint density at radius 1 is 1.16 bits per heavy atom. The number of aromatic nitrogens is 6. The van der Waals surface area contributed by atoms with Crippen molar-refractivity contribution in [1.29, 1.82) is 0 Å². The second-order valence-electron chi connectivity index (χ2n) is 5.05. The first-order valence-corrected chi connectivity index (χ1v) is 8.12. The minimum Gasteiger partial charge on any atom is -0.480 e. The van der Waals surface area contributed by atoms with E-state index in [2.05, 4.69) is 46.3 Å². The average molecular weight is 398 g/mol. The summed E-state index contributed by atoms with van der Waals surface area (Å²) in [6.07, 6.45) is 4.85. The van der Waals surface area contributed by atoms with E-state index < -0.39 is 0 Å². The van der Waals surface area contributed by atoms with Crippen molar-refractivity contribution in [3.05, 3.63) is 53.5 Å². The number of hydrogen-bond donors (Lipinski definition) is 1. The van der Waals surface area contributed by atoms with Crippen LogP contribution in [-0.4, -0.2) is 36.8 Å². The van der Waals surface area contributed by atoms with Gasteiger partial charge in [-0.2, -0.15) is 19.7 Å². The smallest absolute Gasteiger partial charge is 0.255 e. The van der Waals surface area contributed by atoms with Gasteiger partial charge in [-0.3, -0.25) is 0 Å². The van der Waals surface area contributed by atoms with Gasteiger partial charge in [0.2, 0.25) is 11.8 Å². The number of nitrogens with zero attached hydrogens (tertiary/aromatic N) is 6. The summed E-state index contributed by atoms with van der Waals surface area (Å²) < 4.78 is 7.84. The Hall–Kier alpha value is -3.07. The Bertz CT molecular complexity index is 1050. The number of halogens is 1. The van der Waals surface area contributed by atoms with Gasteiger partial charge in [-0.15, -0.1) is 0 Å². The minimum absolute atomic E-state index is 0.370. The molecule has 0 atom stereocenters. The van der Waals surface area contributed by atoms with Crippen LogP contribution in [0.2, 0.25) is 0 Å². The highest BCUT2D eigenvalue weighted by Gasteiger charge is 2.11. The minimum atomic E-state index is 0.370. The fourth-order valence-electron chi connectivity index (χ4n) is 2.37. The molecule has 1 aromatic carbocycles. The van der Waals surface area contributed by atoms with Gasteiger partial charge in [-0.25, -0.2) is 9.97 Å². The second kappa shape index (κ2) is 6.44. The summed E-state index contributed by atoms with van der Waals surface area (Å²) in [6.45, 7) is 0. The number of methoxy groups -OCH3 is 1. The van der Waals surface area contributed by atoms with E-state index in [0.717, 1.165) is 15.4 Å². The third-order valence-corrected chi connectivity index (χ3v) is 3.99. The topological polar surface area (TPSA) is 90.6 Å². The molecule has 3 heterocycles. The number of rotatable bonds is 4. The number of ether oxygens (including phenoxy) is 1. The third-order valence-electron chi connectivity index (χ3n) is 3.49. The van der Waals surface area contributed by atoms with E-state index >= 15 is 0 Å². The van der Waals surface area contributed by atoms with Crippen molar-refractivity contribution in [1.82, 2.24) is 29.7 Å². The molecule has 0 saturated heterocycles. The van der Waals surface area contributed by atoms with Crippen molar-refractivity contribution in [3.63, 3.8) is 0 Å². The van der Waals surface area contributed by atoms with Gasteiger partial charge in [0.15, 0.2) is 0 Å². The van der Waals surface area contributed by atoms with Crippen LogP contribution in [0.5, 0.6) is 5.88 Å². The van der Waals surface area contributed by atoms with E-state index in [0.29, 0.717) is 23.5 Å². The van der Waals surface area contributed by atoms with Crippen LogP contribution in [0.3, 0.4) is 0 Å². The predicted molar refractivity (Wildman–Crippen MR) is 96.2 cm³/mol. The first-order chi connectivity index (χ1) is 12.2. The number of anilines is 2. The first kappa shape index (κ1) is 15.5. The van der Waals surface area contributed by atoms with Gasteiger partial charge in [0.25, 0.3) is 5.95 Å². The van der Waals surface area contributed by atoms with E-state index in [9.17, 15) is 0 Å². The monoisotopic (exact) mass is 397 g/mol. The molecule has 4 rings (SSSR count). The molecule has 0 saturated carbocycles. The summed E-state index contributed by atoms with van der Waals surface area (Å²) in [4.78, 5) is 16.9. The molecule has 0 aliphatic heterocycles. The number of fused-ring (bicyclic) bond motifs is 1. The fourth-order valence-corrected chi connectivity index (χ4v) is 2.72. The molecule has 0 unspecified atom stereocenters. The Morgan fingerprint density at radius 2 is 2.08 bits per heavy atom. The van der Waals surface area contributed by atoms with Crippen LogP contribution < -0.4 is 10.1 Å². The molecule has 8 nitrogen and oxygen atoms in total. The quantitative estimate of drug-likeness (QED) is 0.565. The molecule has 0 aliphatic carbocycles. The third kappa shape index (κ3) is 3.01. The number of hydrogen-bond acceptors (Lipinski definition) is 7. The van der Waals surface area contributed by atoms with Gasteiger partial charge in [0.05, 0.1) is 18.8 Å². The second-order valence-corrected chi connectivity index (χ2v) is 5.97. The van der Waals surface area contributed by atoms with Crippen LogP contribution in [0.1, 0.15) is 0 Å². The highest BCUT2D eigenvalue weighted by molar-refractivity contribution is 9.10. The Kier molecular flexibility index (Phi) is 3.98. The van der Waals surface area contributed by atoms with E-state index in [1.54, 1.807) is 30.3 Å². The zero-order valence-electron chi connectivity index (χ0n) is 13.1. The molecule has 3 aromatic heterocycles. The van der Waals surface area contributed by atoms with Gasteiger partial charge in [0.1, 0.15) is 12.0 Å². The van der Waals surface area contributed by atoms with Gasteiger partial charge in [-0.05, 0) is 24.3 Å². The van der Waals surface area contributed by atoms with Crippen LogP contribution in [0.15, 0.2) is 53.5 Å². The van der Waals surface area contributed by atoms with E-state index in [1.807, 2.05) is 24.3 Å². The summed E-state index contributed by atoms with van der Waals surface area (Å²) in [5.41, 5.74) is 1.56. The SMILES string of the molecule is COc1ncccc1Nc1ncnc(-n2ncc3ccc(Br)cc32)n1. The molecular formula is C16H12BrN7O. The molecule has 124 valence electrons. The van der Waals surface area contributed by atoms with Crippen molar-refractivity contribution >= 4 is 38.5 Å². The largest absolute Gasteiger partial charge is 0.480 e.